The van der Waals surface area contributed by atoms with Crippen molar-refractivity contribution in [3.63, 3.8) is 0 Å². The quantitative estimate of drug-likeness (QED) is 0.760. The van der Waals surface area contributed by atoms with Crippen LogP contribution in [0.4, 0.5) is 11.4 Å². The van der Waals surface area contributed by atoms with E-state index in [1.165, 1.54) is 6.42 Å². The highest BCUT2D eigenvalue weighted by Crippen LogP contribution is 2.32. The molecule has 2 saturated carbocycles. The first-order valence-electron chi connectivity index (χ1n) is 9.96. The first kappa shape index (κ1) is 18.9. The fourth-order valence-corrected chi connectivity index (χ4v) is 4.30. The van der Waals surface area contributed by atoms with Gasteiger partial charge in [-0.1, -0.05) is 38.2 Å². The zero-order valence-corrected chi connectivity index (χ0v) is 15.7. The van der Waals surface area contributed by atoms with Crippen LogP contribution in [-0.2, 0) is 9.59 Å². The Hall–Kier alpha value is -1.88. The molecule has 2 amide bonds. The predicted molar refractivity (Wildman–Crippen MR) is 105 cm³/mol. The molecule has 0 aliphatic heterocycles. The number of carbonyl (C=O) groups is 2. The van der Waals surface area contributed by atoms with E-state index in [1.807, 2.05) is 31.2 Å². The van der Waals surface area contributed by atoms with Crippen molar-refractivity contribution >= 4 is 23.2 Å². The number of rotatable bonds is 4. The monoisotopic (exact) mass is 357 g/mol. The zero-order chi connectivity index (χ0) is 18.6. The highest BCUT2D eigenvalue weighted by atomic mass is 16.2. The number of benzene rings is 1. The summed E-state index contributed by atoms with van der Waals surface area (Å²) < 4.78 is 0. The third-order valence-corrected chi connectivity index (χ3v) is 5.94. The van der Waals surface area contributed by atoms with Gasteiger partial charge >= 0.3 is 0 Å². The number of hydrogen-bond acceptors (Lipinski definition) is 3. The Kier molecular flexibility index (Phi) is 5.97. The lowest BCUT2D eigenvalue weighted by Gasteiger charge is -2.37. The van der Waals surface area contributed by atoms with Gasteiger partial charge in [0, 0.05) is 22.8 Å². The van der Waals surface area contributed by atoms with Crippen LogP contribution < -0.4 is 16.4 Å². The highest BCUT2D eigenvalue weighted by Gasteiger charge is 2.37. The van der Waals surface area contributed by atoms with E-state index in [2.05, 4.69) is 10.6 Å². The Morgan fingerprint density at radius 1 is 0.962 bits per heavy atom. The highest BCUT2D eigenvalue weighted by molar-refractivity contribution is 5.96. The lowest BCUT2D eigenvalue weighted by Crippen LogP contribution is -2.51. The Bertz CT molecular complexity index is 650. The number of nitrogens with two attached hydrogens (primary N) is 1. The van der Waals surface area contributed by atoms with E-state index in [4.69, 9.17) is 5.73 Å². The van der Waals surface area contributed by atoms with E-state index in [0.717, 1.165) is 57.1 Å². The molecular formula is C21H31N3O2. The van der Waals surface area contributed by atoms with E-state index in [-0.39, 0.29) is 23.7 Å². The van der Waals surface area contributed by atoms with Gasteiger partial charge in [-0.2, -0.15) is 0 Å². The van der Waals surface area contributed by atoms with Crippen molar-refractivity contribution in [2.45, 2.75) is 70.3 Å². The smallest absolute Gasteiger partial charge is 0.229 e. The van der Waals surface area contributed by atoms with E-state index in [0.29, 0.717) is 5.69 Å². The Morgan fingerprint density at radius 3 is 2.23 bits per heavy atom. The van der Waals surface area contributed by atoms with Crippen LogP contribution in [0.25, 0.3) is 0 Å². The van der Waals surface area contributed by atoms with Crippen LogP contribution in [0.15, 0.2) is 24.3 Å². The lowest BCUT2D eigenvalue weighted by molar-refractivity contribution is -0.123. The number of nitrogens with one attached hydrogen (secondary N) is 2. The first-order chi connectivity index (χ1) is 12.5. The molecule has 0 aromatic heterocycles. The van der Waals surface area contributed by atoms with Gasteiger partial charge in [0.2, 0.25) is 11.8 Å². The maximum absolute atomic E-state index is 12.7. The average Bonchev–Trinajstić information content (AvgIpc) is 2.62. The lowest BCUT2D eigenvalue weighted by atomic mass is 9.74. The number of amides is 2. The molecule has 3 rings (SSSR count). The molecule has 142 valence electrons. The van der Waals surface area contributed by atoms with Crippen LogP contribution in [-0.4, -0.2) is 17.4 Å². The average molecular weight is 357 g/mol. The topological polar surface area (TPSA) is 84.2 Å². The van der Waals surface area contributed by atoms with Crippen molar-refractivity contribution in [3.8, 4) is 0 Å². The summed E-state index contributed by atoms with van der Waals surface area (Å²) in [7, 11) is 0. The summed E-state index contributed by atoms with van der Waals surface area (Å²) in [6, 6.07) is 7.40. The van der Waals surface area contributed by atoms with Gasteiger partial charge in [0.05, 0.1) is 5.92 Å². The summed E-state index contributed by atoms with van der Waals surface area (Å²) in [5.74, 6) is 0.0133. The molecule has 4 N–H and O–H groups in total. The molecule has 1 aromatic rings. The van der Waals surface area contributed by atoms with Crippen LogP contribution in [0.3, 0.4) is 0 Å². The van der Waals surface area contributed by atoms with Crippen molar-refractivity contribution in [2.24, 2.45) is 17.6 Å². The summed E-state index contributed by atoms with van der Waals surface area (Å²) in [6.45, 7) is 1.97. The van der Waals surface area contributed by atoms with Gasteiger partial charge in [0.15, 0.2) is 0 Å². The first-order valence-corrected chi connectivity index (χ1v) is 9.96. The maximum atomic E-state index is 12.7. The molecule has 2 aliphatic carbocycles. The molecule has 2 aliphatic rings. The van der Waals surface area contributed by atoms with E-state index in [1.54, 1.807) is 0 Å². The molecule has 0 spiro atoms. The fourth-order valence-electron chi connectivity index (χ4n) is 4.30. The molecule has 26 heavy (non-hydrogen) atoms. The van der Waals surface area contributed by atoms with Gasteiger partial charge in [0.1, 0.15) is 0 Å². The minimum Gasteiger partial charge on any atom is -0.326 e. The Morgan fingerprint density at radius 2 is 1.58 bits per heavy atom. The second-order valence-electron chi connectivity index (χ2n) is 8.20. The second kappa shape index (κ2) is 8.21. The molecule has 5 heteroatoms. The third-order valence-electron chi connectivity index (χ3n) is 5.94. The van der Waals surface area contributed by atoms with Crippen molar-refractivity contribution in [2.75, 3.05) is 10.6 Å². The van der Waals surface area contributed by atoms with E-state index < -0.39 is 5.54 Å². The van der Waals surface area contributed by atoms with Crippen molar-refractivity contribution in [1.29, 1.82) is 0 Å². The SMILES string of the molecule is CC1(N)CCCCC1C(=O)Nc1cccc(NC(=O)C2CCCCC2)c1. The van der Waals surface area contributed by atoms with Gasteiger partial charge in [-0.05, 0) is 50.8 Å². The molecule has 2 fully saturated rings. The van der Waals surface area contributed by atoms with Crippen LogP contribution in [0, 0.1) is 11.8 Å². The van der Waals surface area contributed by atoms with Crippen molar-refractivity contribution in [1.82, 2.24) is 0 Å². The van der Waals surface area contributed by atoms with E-state index >= 15 is 0 Å². The zero-order valence-electron chi connectivity index (χ0n) is 15.7. The summed E-state index contributed by atoms with van der Waals surface area (Å²) >= 11 is 0. The van der Waals surface area contributed by atoms with Crippen molar-refractivity contribution in [3.05, 3.63) is 24.3 Å². The minimum atomic E-state index is -0.449. The number of carbonyl (C=O) groups excluding carboxylic acids is 2. The molecule has 0 saturated heterocycles. The van der Waals surface area contributed by atoms with Crippen molar-refractivity contribution < 1.29 is 9.59 Å². The van der Waals surface area contributed by atoms with Gasteiger partial charge < -0.3 is 16.4 Å². The van der Waals surface area contributed by atoms with Gasteiger partial charge in [-0.15, -0.1) is 0 Å². The van der Waals surface area contributed by atoms with Gasteiger partial charge in [-0.25, -0.2) is 0 Å². The summed E-state index contributed by atoms with van der Waals surface area (Å²) in [5, 5.41) is 6.00. The molecule has 0 heterocycles. The molecule has 0 bridgehead atoms. The number of hydrogen-bond donors (Lipinski definition) is 3. The third kappa shape index (κ3) is 4.64. The van der Waals surface area contributed by atoms with Crippen LogP contribution in [0.2, 0.25) is 0 Å². The normalized spacial score (nSPS) is 26.9. The summed E-state index contributed by atoms with van der Waals surface area (Å²) in [4.78, 5) is 25.1. The summed E-state index contributed by atoms with van der Waals surface area (Å²) in [6.07, 6.45) is 9.27. The minimum absolute atomic E-state index is 0.0227. The fraction of sp³-hybridized carbons (Fsp3) is 0.619. The predicted octanol–water partition coefficient (Wildman–Crippen LogP) is 4.05. The maximum Gasteiger partial charge on any atom is 0.229 e. The molecular weight excluding hydrogens is 326 g/mol. The summed E-state index contributed by atoms with van der Waals surface area (Å²) in [5.41, 5.74) is 7.33. The molecule has 1 aromatic carbocycles. The van der Waals surface area contributed by atoms with E-state index in [9.17, 15) is 9.59 Å². The Balaban J connectivity index is 1.61. The van der Waals surface area contributed by atoms with Crippen LogP contribution in [0.1, 0.15) is 64.7 Å². The Labute approximate surface area is 156 Å². The molecule has 2 atom stereocenters. The van der Waals surface area contributed by atoms with Gasteiger partial charge in [-0.3, -0.25) is 9.59 Å². The second-order valence-corrected chi connectivity index (χ2v) is 8.20. The molecule has 2 unspecified atom stereocenters. The molecule has 5 nitrogen and oxygen atoms in total. The largest absolute Gasteiger partial charge is 0.326 e. The van der Waals surface area contributed by atoms with Gasteiger partial charge in [0.25, 0.3) is 0 Å². The number of anilines is 2. The standard InChI is InChI=1S/C21H31N3O2/c1-21(22)13-6-5-12-18(21)20(26)24-17-11-7-10-16(14-17)23-19(25)15-8-3-2-4-9-15/h7,10-11,14-15,18H,2-6,8-9,12-13,22H2,1H3,(H,23,25)(H,24,26). The molecule has 0 radical (unpaired) electrons. The van der Waals surface area contributed by atoms with Crippen LogP contribution in [0.5, 0.6) is 0 Å². The van der Waals surface area contributed by atoms with Crippen LogP contribution >= 0.6 is 0 Å².